The Morgan fingerprint density at radius 3 is 3.11 bits per heavy atom. The molecule has 0 radical (unpaired) electrons. The summed E-state index contributed by atoms with van der Waals surface area (Å²) in [6, 6.07) is 6.26. The zero-order chi connectivity index (χ0) is 13.4. The standard InChI is InChI=1S/C14H14N4S/c1-9-7-11(8-15)17-14(16-9)18-5-3-13-12(10(18)2)4-6-19-13/h4,6-7,10H,3,5H2,1-2H3. The molecule has 4 nitrogen and oxygen atoms in total. The van der Waals surface area contributed by atoms with Crippen LogP contribution in [0, 0.1) is 18.3 Å². The summed E-state index contributed by atoms with van der Waals surface area (Å²) in [6.07, 6.45) is 1.02. The molecular formula is C14H14N4S. The van der Waals surface area contributed by atoms with E-state index in [1.54, 1.807) is 6.07 Å². The summed E-state index contributed by atoms with van der Waals surface area (Å²) in [4.78, 5) is 12.5. The topological polar surface area (TPSA) is 52.8 Å². The maximum absolute atomic E-state index is 9.02. The van der Waals surface area contributed by atoms with Gasteiger partial charge in [0.2, 0.25) is 5.95 Å². The summed E-state index contributed by atoms with van der Waals surface area (Å²) < 4.78 is 0. The van der Waals surface area contributed by atoms with Gasteiger partial charge in [-0.05, 0) is 43.3 Å². The number of thiophene rings is 1. The summed E-state index contributed by atoms with van der Waals surface area (Å²) in [7, 11) is 0. The SMILES string of the molecule is Cc1cc(C#N)nc(N2CCc3sccc3C2C)n1. The average Bonchev–Trinajstić information content (AvgIpc) is 2.87. The lowest BCUT2D eigenvalue weighted by Crippen LogP contribution is -2.34. The van der Waals surface area contributed by atoms with Gasteiger partial charge in [-0.3, -0.25) is 0 Å². The van der Waals surface area contributed by atoms with E-state index < -0.39 is 0 Å². The molecule has 3 heterocycles. The second-order valence-corrected chi connectivity index (χ2v) is 5.73. The Morgan fingerprint density at radius 1 is 1.47 bits per heavy atom. The van der Waals surface area contributed by atoms with Crippen molar-refractivity contribution in [2.45, 2.75) is 26.3 Å². The van der Waals surface area contributed by atoms with Crippen molar-refractivity contribution >= 4 is 17.3 Å². The van der Waals surface area contributed by atoms with Crippen LogP contribution in [-0.4, -0.2) is 16.5 Å². The number of fused-ring (bicyclic) bond motifs is 1. The van der Waals surface area contributed by atoms with Crippen molar-refractivity contribution in [3.05, 3.63) is 39.3 Å². The van der Waals surface area contributed by atoms with Crippen molar-refractivity contribution < 1.29 is 0 Å². The second-order valence-electron chi connectivity index (χ2n) is 4.72. The number of hydrogen-bond donors (Lipinski definition) is 0. The van der Waals surface area contributed by atoms with Crippen LogP contribution in [0.3, 0.4) is 0 Å². The van der Waals surface area contributed by atoms with E-state index in [0.717, 1.165) is 18.7 Å². The van der Waals surface area contributed by atoms with Crippen LogP contribution in [0.1, 0.15) is 34.8 Å². The number of rotatable bonds is 1. The first-order chi connectivity index (χ1) is 9.19. The maximum Gasteiger partial charge on any atom is 0.227 e. The van der Waals surface area contributed by atoms with Crippen LogP contribution in [0.4, 0.5) is 5.95 Å². The molecule has 5 heteroatoms. The first kappa shape index (κ1) is 12.1. The molecule has 2 aromatic rings. The largest absolute Gasteiger partial charge is 0.334 e. The van der Waals surface area contributed by atoms with Crippen LogP contribution in [-0.2, 0) is 6.42 Å². The second kappa shape index (κ2) is 4.63. The summed E-state index contributed by atoms with van der Waals surface area (Å²) in [5.74, 6) is 0.668. The molecule has 0 aliphatic carbocycles. The van der Waals surface area contributed by atoms with Crippen molar-refractivity contribution in [1.29, 1.82) is 5.26 Å². The molecule has 0 aromatic carbocycles. The molecule has 1 aliphatic rings. The van der Waals surface area contributed by atoms with Gasteiger partial charge in [-0.1, -0.05) is 0 Å². The van der Waals surface area contributed by atoms with Gasteiger partial charge in [-0.2, -0.15) is 5.26 Å². The molecule has 0 saturated heterocycles. The number of nitrogens with zero attached hydrogens (tertiary/aromatic N) is 4. The van der Waals surface area contributed by atoms with E-state index in [4.69, 9.17) is 5.26 Å². The Hall–Kier alpha value is -1.93. The van der Waals surface area contributed by atoms with Crippen molar-refractivity contribution in [2.24, 2.45) is 0 Å². The molecule has 0 fully saturated rings. The first-order valence-corrected chi connectivity index (χ1v) is 7.15. The van der Waals surface area contributed by atoms with Crippen LogP contribution in [0.5, 0.6) is 0 Å². The van der Waals surface area contributed by atoms with Crippen LogP contribution in [0.15, 0.2) is 17.5 Å². The summed E-state index contributed by atoms with van der Waals surface area (Å²) in [5, 5.41) is 11.2. The van der Waals surface area contributed by atoms with Crippen molar-refractivity contribution in [3.8, 4) is 6.07 Å². The number of nitriles is 1. The molecule has 3 rings (SSSR count). The minimum absolute atomic E-state index is 0.267. The van der Waals surface area contributed by atoms with Gasteiger partial charge in [0.1, 0.15) is 11.8 Å². The first-order valence-electron chi connectivity index (χ1n) is 6.27. The fourth-order valence-corrected chi connectivity index (χ4v) is 3.48. The lowest BCUT2D eigenvalue weighted by atomic mass is 10.0. The highest BCUT2D eigenvalue weighted by Gasteiger charge is 2.26. The number of aryl methyl sites for hydroxylation is 1. The third-order valence-corrected chi connectivity index (χ3v) is 4.49. The van der Waals surface area contributed by atoms with Crippen LogP contribution >= 0.6 is 11.3 Å². The highest BCUT2D eigenvalue weighted by molar-refractivity contribution is 7.10. The molecular weight excluding hydrogens is 256 g/mol. The zero-order valence-electron chi connectivity index (χ0n) is 10.9. The minimum atomic E-state index is 0.267. The van der Waals surface area contributed by atoms with E-state index in [0.29, 0.717) is 11.6 Å². The lowest BCUT2D eigenvalue weighted by Gasteiger charge is -2.33. The third kappa shape index (κ3) is 2.08. The Bertz CT molecular complexity index is 656. The van der Waals surface area contributed by atoms with Gasteiger partial charge < -0.3 is 4.90 Å². The minimum Gasteiger partial charge on any atom is -0.334 e. The summed E-state index contributed by atoms with van der Waals surface area (Å²) >= 11 is 1.82. The summed E-state index contributed by atoms with van der Waals surface area (Å²) in [6.45, 7) is 4.97. The maximum atomic E-state index is 9.02. The Morgan fingerprint density at radius 2 is 2.32 bits per heavy atom. The molecule has 0 amide bonds. The molecule has 1 atom stereocenters. The van der Waals surface area contributed by atoms with Gasteiger partial charge in [-0.25, -0.2) is 9.97 Å². The Labute approximate surface area is 116 Å². The van der Waals surface area contributed by atoms with Gasteiger partial charge >= 0.3 is 0 Å². The molecule has 0 spiro atoms. The van der Waals surface area contributed by atoms with Gasteiger partial charge in [0.25, 0.3) is 0 Å². The molecule has 2 aromatic heterocycles. The van der Waals surface area contributed by atoms with Crippen LogP contribution in [0.25, 0.3) is 0 Å². The summed E-state index contributed by atoms with van der Waals surface area (Å²) in [5.41, 5.74) is 2.63. The smallest absolute Gasteiger partial charge is 0.227 e. The third-order valence-electron chi connectivity index (χ3n) is 3.49. The van der Waals surface area contributed by atoms with E-state index in [9.17, 15) is 0 Å². The molecule has 0 saturated carbocycles. The number of aromatic nitrogens is 2. The van der Waals surface area contributed by atoms with Crippen molar-refractivity contribution in [2.75, 3.05) is 11.4 Å². The highest BCUT2D eigenvalue weighted by Crippen LogP contribution is 2.34. The van der Waals surface area contributed by atoms with Gasteiger partial charge in [0.15, 0.2) is 0 Å². The quantitative estimate of drug-likeness (QED) is 0.799. The van der Waals surface area contributed by atoms with E-state index >= 15 is 0 Å². The molecule has 1 unspecified atom stereocenters. The molecule has 19 heavy (non-hydrogen) atoms. The van der Waals surface area contributed by atoms with E-state index in [-0.39, 0.29) is 6.04 Å². The van der Waals surface area contributed by atoms with E-state index in [2.05, 4.69) is 39.3 Å². The van der Waals surface area contributed by atoms with Crippen molar-refractivity contribution in [3.63, 3.8) is 0 Å². The monoisotopic (exact) mass is 270 g/mol. The molecule has 0 bridgehead atoms. The Kier molecular flexibility index (Phi) is 2.96. The predicted octanol–water partition coefficient (Wildman–Crippen LogP) is 2.84. The Balaban J connectivity index is 2.00. The molecule has 0 N–H and O–H groups in total. The van der Waals surface area contributed by atoms with Crippen LogP contribution < -0.4 is 4.90 Å². The number of anilines is 1. The fourth-order valence-electron chi connectivity index (χ4n) is 2.52. The lowest BCUT2D eigenvalue weighted by molar-refractivity contribution is 0.614. The normalized spacial score (nSPS) is 17.9. The van der Waals surface area contributed by atoms with Crippen molar-refractivity contribution in [1.82, 2.24) is 9.97 Å². The van der Waals surface area contributed by atoms with Gasteiger partial charge in [0, 0.05) is 17.1 Å². The highest BCUT2D eigenvalue weighted by atomic mass is 32.1. The molecule has 1 aliphatic heterocycles. The average molecular weight is 270 g/mol. The van der Waals surface area contributed by atoms with E-state index in [1.807, 2.05) is 18.3 Å². The number of hydrogen-bond acceptors (Lipinski definition) is 5. The van der Waals surface area contributed by atoms with Gasteiger partial charge in [-0.15, -0.1) is 11.3 Å². The van der Waals surface area contributed by atoms with E-state index in [1.165, 1.54) is 10.4 Å². The zero-order valence-corrected chi connectivity index (χ0v) is 11.7. The van der Waals surface area contributed by atoms with Crippen LogP contribution in [0.2, 0.25) is 0 Å². The molecule has 96 valence electrons. The fraction of sp³-hybridized carbons (Fsp3) is 0.357. The van der Waals surface area contributed by atoms with Gasteiger partial charge in [0.05, 0.1) is 6.04 Å². The predicted molar refractivity (Wildman–Crippen MR) is 75.3 cm³/mol.